The van der Waals surface area contributed by atoms with Gasteiger partial charge < -0.3 is 0 Å². The molecule has 2 nitrogen and oxygen atoms in total. The summed E-state index contributed by atoms with van der Waals surface area (Å²) in [5.41, 5.74) is 3.23. The number of nitrogens with zero attached hydrogens (tertiary/aromatic N) is 2. The summed E-state index contributed by atoms with van der Waals surface area (Å²) < 4.78 is 2.35. The molecule has 0 N–H and O–H groups in total. The molecule has 0 aliphatic carbocycles. The van der Waals surface area contributed by atoms with Crippen LogP contribution in [0.2, 0.25) is 0 Å². The topological polar surface area (TPSA) is 25.8 Å². The van der Waals surface area contributed by atoms with Gasteiger partial charge in [0.1, 0.15) is 0 Å². The lowest BCUT2D eigenvalue weighted by molar-refractivity contribution is 1.21. The van der Waals surface area contributed by atoms with Gasteiger partial charge in [-0.15, -0.1) is 11.3 Å². The lowest BCUT2D eigenvalue weighted by atomic mass is 10.2. The Bertz CT molecular complexity index is 882. The molecule has 0 bridgehead atoms. The largest absolute Gasteiger partial charge is 0.252 e. The fourth-order valence-corrected chi connectivity index (χ4v) is 4.21. The molecular formula is C17H12N2S2. The van der Waals surface area contributed by atoms with Gasteiger partial charge in [0.15, 0.2) is 4.34 Å². The Kier molecular flexibility index (Phi) is 3.33. The van der Waals surface area contributed by atoms with Gasteiger partial charge in [0.2, 0.25) is 0 Å². The number of thiazole rings is 1. The van der Waals surface area contributed by atoms with Crippen molar-refractivity contribution < 1.29 is 0 Å². The van der Waals surface area contributed by atoms with Crippen LogP contribution in [0.1, 0.15) is 5.69 Å². The number of hydrogen-bond acceptors (Lipinski definition) is 4. The zero-order valence-corrected chi connectivity index (χ0v) is 12.8. The maximum Gasteiger partial charge on any atom is 0.151 e. The predicted octanol–water partition coefficient (Wildman–Crippen LogP) is 5.14. The number of pyridine rings is 1. The molecule has 21 heavy (non-hydrogen) atoms. The second kappa shape index (κ2) is 5.47. The lowest BCUT2D eigenvalue weighted by Crippen LogP contribution is -1.87. The summed E-state index contributed by atoms with van der Waals surface area (Å²) in [5.74, 6) is 0.852. The molecule has 0 aliphatic rings. The van der Waals surface area contributed by atoms with Gasteiger partial charge >= 0.3 is 0 Å². The molecular weight excluding hydrogens is 296 g/mol. The number of para-hydroxylation sites is 2. The first-order valence-electron chi connectivity index (χ1n) is 6.71. The van der Waals surface area contributed by atoms with Crippen LogP contribution in [0.3, 0.4) is 0 Å². The van der Waals surface area contributed by atoms with Crippen LogP contribution in [0, 0.1) is 0 Å². The van der Waals surface area contributed by atoms with Crippen molar-refractivity contribution in [2.45, 2.75) is 10.1 Å². The normalized spacial score (nSPS) is 11.2. The van der Waals surface area contributed by atoms with Crippen molar-refractivity contribution in [3.63, 3.8) is 0 Å². The maximum absolute atomic E-state index is 4.70. The first-order valence-corrected chi connectivity index (χ1v) is 8.52. The van der Waals surface area contributed by atoms with Crippen LogP contribution in [0.4, 0.5) is 0 Å². The Morgan fingerprint density at radius 2 is 1.62 bits per heavy atom. The van der Waals surface area contributed by atoms with Crippen LogP contribution in [-0.2, 0) is 5.75 Å². The SMILES string of the molecule is c1ccc2nc(CSc3nc4ccccc4s3)ccc2c1. The van der Waals surface area contributed by atoms with E-state index in [0.29, 0.717) is 0 Å². The van der Waals surface area contributed by atoms with E-state index < -0.39 is 0 Å². The zero-order chi connectivity index (χ0) is 14.1. The monoisotopic (exact) mass is 308 g/mol. The van der Waals surface area contributed by atoms with Crippen molar-refractivity contribution in [3.05, 3.63) is 66.4 Å². The van der Waals surface area contributed by atoms with Gasteiger partial charge in [-0.05, 0) is 24.3 Å². The number of thioether (sulfide) groups is 1. The fourth-order valence-electron chi connectivity index (χ4n) is 2.24. The molecule has 0 fully saturated rings. The second-order valence-corrected chi connectivity index (χ2v) is 6.98. The van der Waals surface area contributed by atoms with E-state index >= 15 is 0 Å². The molecule has 0 aliphatic heterocycles. The van der Waals surface area contributed by atoms with E-state index in [1.54, 1.807) is 23.1 Å². The van der Waals surface area contributed by atoms with Crippen molar-refractivity contribution in [2.75, 3.05) is 0 Å². The van der Waals surface area contributed by atoms with Crippen LogP contribution in [0.25, 0.3) is 21.1 Å². The average molecular weight is 308 g/mol. The minimum absolute atomic E-state index is 0.852. The molecule has 2 heterocycles. The van der Waals surface area contributed by atoms with Crippen LogP contribution >= 0.6 is 23.1 Å². The Labute approximate surface area is 130 Å². The molecule has 102 valence electrons. The highest BCUT2D eigenvalue weighted by Gasteiger charge is 2.05. The van der Waals surface area contributed by atoms with E-state index in [4.69, 9.17) is 4.98 Å². The zero-order valence-electron chi connectivity index (χ0n) is 11.2. The first-order chi connectivity index (χ1) is 10.4. The van der Waals surface area contributed by atoms with E-state index in [1.165, 1.54) is 10.1 Å². The van der Waals surface area contributed by atoms with E-state index in [2.05, 4.69) is 47.4 Å². The lowest BCUT2D eigenvalue weighted by Gasteiger charge is -2.01. The van der Waals surface area contributed by atoms with Crippen molar-refractivity contribution in [2.24, 2.45) is 0 Å². The molecule has 0 saturated heterocycles. The summed E-state index contributed by atoms with van der Waals surface area (Å²) in [5, 5.41) is 1.19. The summed E-state index contributed by atoms with van der Waals surface area (Å²) in [6.07, 6.45) is 0. The molecule has 0 spiro atoms. The summed E-state index contributed by atoms with van der Waals surface area (Å²) in [6.45, 7) is 0. The molecule has 0 atom stereocenters. The molecule has 0 amide bonds. The van der Waals surface area contributed by atoms with E-state index in [0.717, 1.165) is 26.8 Å². The Morgan fingerprint density at radius 3 is 2.52 bits per heavy atom. The minimum atomic E-state index is 0.852. The van der Waals surface area contributed by atoms with Crippen molar-refractivity contribution >= 4 is 44.2 Å². The molecule has 2 aromatic carbocycles. The summed E-state index contributed by atoms with van der Waals surface area (Å²) in [7, 11) is 0. The van der Waals surface area contributed by atoms with E-state index in [9.17, 15) is 0 Å². The standard InChI is InChI=1S/C17H12N2S2/c1-2-6-14-12(5-1)9-10-13(18-14)11-20-17-19-15-7-3-4-8-16(15)21-17/h1-10H,11H2. The molecule has 0 radical (unpaired) electrons. The number of aromatic nitrogens is 2. The van der Waals surface area contributed by atoms with Gasteiger partial charge in [-0.1, -0.05) is 48.2 Å². The van der Waals surface area contributed by atoms with Crippen molar-refractivity contribution in [3.8, 4) is 0 Å². The molecule has 0 unspecified atom stereocenters. The summed E-state index contributed by atoms with van der Waals surface area (Å²) in [4.78, 5) is 9.34. The first kappa shape index (κ1) is 12.8. The van der Waals surface area contributed by atoms with Crippen molar-refractivity contribution in [1.29, 1.82) is 0 Å². The third-order valence-electron chi connectivity index (χ3n) is 3.27. The Balaban J connectivity index is 1.57. The van der Waals surface area contributed by atoms with Gasteiger partial charge in [0, 0.05) is 11.1 Å². The fraction of sp³-hybridized carbons (Fsp3) is 0.0588. The van der Waals surface area contributed by atoms with Crippen molar-refractivity contribution in [1.82, 2.24) is 9.97 Å². The third kappa shape index (κ3) is 2.64. The quantitative estimate of drug-likeness (QED) is 0.490. The number of rotatable bonds is 3. The second-order valence-electron chi connectivity index (χ2n) is 4.73. The van der Waals surface area contributed by atoms with Crippen LogP contribution in [0.15, 0.2) is 65.0 Å². The third-order valence-corrected chi connectivity index (χ3v) is 5.49. The van der Waals surface area contributed by atoms with Gasteiger partial charge in [-0.3, -0.25) is 4.98 Å². The highest BCUT2D eigenvalue weighted by molar-refractivity contribution is 8.00. The summed E-state index contributed by atoms with van der Waals surface area (Å²) >= 11 is 3.50. The molecule has 2 aromatic heterocycles. The summed E-state index contributed by atoms with van der Waals surface area (Å²) in [6, 6.07) is 20.7. The van der Waals surface area contributed by atoms with Gasteiger partial charge in [-0.25, -0.2) is 4.98 Å². The number of fused-ring (bicyclic) bond motifs is 2. The van der Waals surface area contributed by atoms with E-state index in [-0.39, 0.29) is 0 Å². The number of hydrogen-bond donors (Lipinski definition) is 0. The van der Waals surface area contributed by atoms with Gasteiger partial charge in [0.25, 0.3) is 0 Å². The molecule has 0 saturated carbocycles. The van der Waals surface area contributed by atoms with Crippen LogP contribution in [-0.4, -0.2) is 9.97 Å². The molecule has 4 heteroatoms. The van der Waals surface area contributed by atoms with E-state index in [1.807, 2.05) is 18.2 Å². The highest BCUT2D eigenvalue weighted by Crippen LogP contribution is 2.31. The Morgan fingerprint density at radius 1 is 0.810 bits per heavy atom. The van der Waals surface area contributed by atoms with Crippen LogP contribution < -0.4 is 0 Å². The van der Waals surface area contributed by atoms with Crippen LogP contribution in [0.5, 0.6) is 0 Å². The number of benzene rings is 2. The predicted molar refractivity (Wildman–Crippen MR) is 90.9 cm³/mol. The maximum atomic E-state index is 4.70. The average Bonchev–Trinajstić information content (AvgIpc) is 2.95. The Hall–Kier alpha value is -1.91. The van der Waals surface area contributed by atoms with Gasteiger partial charge in [-0.2, -0.15) is 0 Å². The minimum Gasteiger partial charge on any atom is -0.252 e. The molecule has 4 rings (SSSR count). The smallest absolute Gasteiger partial charge is 0.151 e. The highest BCUT2D eigenvalue weighted by atomic mass is 32.2. The molecule has 4 aromatic rings. The van der Waals surface area contributed by atoms with Gasteiger partial charge in [0.05, 0.1) is 21.4 Å².